The minimum atomic E-state index is -4.12. The smallest absolute Gasteiger partial charge is 0.330 e. The zero-order valence-electron chi connectivity index (χ0n) is 27.9. The summed E-state index contributed by atoms with van der Waals surface area (Å²) in [4.78, 5) is 27.1. The van der Waals surface area contributed by atoms with E-state index in [1.165, 1.54) is 29.0 Å². The van der Waals surface area contributed by atoms with Crippen LogP contribution >= 0.6 is 0 Å². The molecule has 0 bridgehead atoms. The number of hydrogen-bond acceptors (Lipinski definition) is 9. The highest BCUT2D eigenvalue weighted by molar-refractivity contribution is 7.86. The second-order valence-electron chi connectivity index (χ2n) is 14.7. The second-order valence-corrected chi connectivity index (χ2v) is 25.9. The molecule has 0 unspecified atom stereocenters. The van der Waals surface area contributed by atoms with Crippen LogP contribution < -0.4 is 11.2 Å². The molecule has 1 aromatic carbocycles. The lowest BCUT2D eigenvalue weighted by atomic mass is 9.89. The first-order valence-electron chi connectivity index (χ1n) is 14.9. The molecule has 0 amide bonds. The summed E-state index contributed by atoms with van der Waals surface area (Å²) in [5.74, 6) is 0. The van der Waals surface area contributed by atoms with Crippen molar-refractivity contribution in [2.45, 2.75) is 120 Å². The number of H-pyrrole nitrogens is 1. The van der Waals surface area contributed by atoms with Crippen LogP contribution in [0, 0.1) is 6.92 Å². The van der Waals surface area contributed by atoms with E-state index in [-0.39, 0.29) is 34.6 Å². The van der Waals surface area contributed by atoms with Crippen molar-refractivity contribution in [3.8, 4) is 0 Å². The van der Waals surface area contributed by atoms with Crippen molar-refractivity contribution >= 4 is 26.8 Å². The van der Waals surface area contributed by atoms with Crippen LogP contribution in [0.15, 0.2) is 51.0 Å². The van der Waals surface area contributed by atoms with E-state index in [4.69, 9.17) is 17.8 Å². The molecular weight excluding hydrogens is 621 g/mol. The molecule has 0 spiro atoms. The Morgan fingerprint density at radius 3 is 2.07 bits per heavy atom. The lowest BCUT2D eigenvalue weighted by Gasteiger charge is -2.43. The highest BCUT2D eigenvalue weighted by atomic mass is 32.2. The van der Waals surface area contributed by atoms with Gasteiger partial charge in [-0.1, -0.05) is 59.2 Å². The van der Waals surface area contributed by atoms with Gasteiger partial charge in [-0.3, -0.25) is 18.5 Å². The van der Waals surface area contributed by atoms with Crippen LogP contribution in [0.5, 0.6) is 0 Å². The summed E-state index contributed by atoms with van der Waals surface area (Å²) in [6, 6.07) is 7.49. The van der Waals surface area contributed by atoms with Crippen LogP contribution in [-0.4, -0.2) is 70.7 Å². The van der Waals surface area contributed by atoms with Gasteiger partial charge in [-0.2, -0.15) is 8.42 Å². The number of aryl methyl sites for hydroxylation is 1. The highest BCUT2D eigenvalue weighted by Crippen LogP contribution is 2.47. The molecule has 2 aromatic rings. The van der Waals surface area contributed by atoms with Crippen LogP contribution in [0.25, 0.3) is 0 Å². The molecular formula is C30H50N2O9SSi2. The summed E-state index contributed by atoms with van der Waals surface area (Å²) >= 11 is 0. The Hall–Kier alpha value is -1.92. The molecule has 1 aliphatic rings. The normalized spacial score (nSPS) is 23.7. The van der Waals surface area contributed by atoms with E-state index in [0.29, 0.717) is 0 Å². The molecule has 4 atom stereocenters. The molecule has 248 valence electrons. The van der Waals surface area contributed by atoms with E-state index < -0.39 is 62.0 Å². The van der Waals surface area contributed by atoms with Gasteiger partial charge in [0, 0.05) is 18.7 Å². The maximum atomic E-state index is 13.0. The quantitative estimate of drug-likeness (QED) is 0.257. The molecule has 0 aliphatic carbocycles. The molecule has 14 heteroatoms. The Morgan fingerprint density at radius 2 is 1.55 bits per heavy atom. The molecule has 3 rings (SSSR count). The Bertz CT molecular complexity index is 1520. The lowest BCUT2D eigenvalue weighted by molar-refractivity contribution is -0.0973. The van der Waals surface area contributed by atoms with Crippen LogP contribution in [0.2, 0.25) is 36.3 Å². The maximum absolute atomic E-state index is 13.0. The first kappa shape index (κ1) is 36.6. The molecule has 11 nitrogen and oxygen atoms in total. The second kappa shape index (κ2) is 12.7. The third kappa shape index (κ3) is 7.89. The summed E-state index contributed by atoms with van der Waals surface area (Å²) < 4.78 is 52.4. The fourth-order valence-corrected chi connectivity index (χ4v) is 7.57. The van der Waals surface area contributed by atoms with Crippen molar-refractivity contribution in [3.05, 3.63) is 62.9 Å². The number of hydrogen-bond donors (Lipinski definition) is 2. The molecule has 1 saturated heterocycles. The predicted octanol–water partition coefficient (Wildman–Crippen LogP) is 4.68. The van der Waals surface area contributed by atoms with Crippen LogP contribution in [0.1, 0.15) is 59.8 Å². The monoisotopic (exact) mass is 670 g/mol. The van der Waals surface area contributed by atoms with E-state index in [1.54, 1.807) is 12.1 Å². The van der Waals surface area contributed by atoms with E-state index in [1.807, 2.05) is 40.8 Å². The number of aliphatic hydroxyl groups is 1. The van der Waals surface area contributed by atoms with Gasteiger partial charge in [0.15, 0.2) is 22.9 Å². The summed E-state index contributed by atoms with van der Waals surface area (Å²) in [7, 11) is -9.09. The van der Waals surface area contributed by atoms with Crippen molar-refractivity contribution < 1.29 is 31.3 Å². The summed E-state index contributed by atoms with van der Waals surface area (Å²) in [5, 5.41) is 12.1. The van der Waals surface area contributed by atoms with Crippen molar-refractivity contribution in [2.75, 3.05) is 13.2 Å². The number of rotatable bonds is 11. The molecule has 0 radical (unpaired) electrons. The van der Waals surface area contributed by atoms with Gasteiger partial charge in [0.25, 0.3) is 15.7 Å². The number of nitrogens with one attached hydrogen (secondary N) is 1. The Balaban J connectivity index is 2.07. The zero-order valence-corrected chi connectivity index (χ0v) is 30.7. The number of benzene rings is 1. The largest absolute Gasteiger partial charge is 0.414 e. The Labute approximate surface area is 263 Å². The number of ether oxygens (including phenoxy) is 1. The van der Waals surface area contributed by atoms with Gasteiger partial charge in [0.05, 0.1) is 18.1 Å². The minimum Gasteiger partial charge on any atom is -0.414 e. The van der Waals surface area contributed by atoms with Crippen molar-refractivity contribution in [2.24, 2.45) is 0 Å². The zero-order chi connectivity index (χ0) is 33.5. The topological polar surface area (TPSA) is 146 Å². The highest BCUT2D eigenvalue weighted by Gasteiger charge is 2.60. The van der Waals surface area contributed by atoms with Gasteiger partial charge in [-0.15, -0.1) is 0 Å². The first-order chi connectivity index (χ1) is 19.9. The Kier molecular flexibility index (Phi) is 10.6. The summed E-state index contributed by atoms with van der Waals surface area (Å²) in [6.07, 6.45) is -2.16. The predicted molar refractivity (Wildman–Crippen MR) is 174 cm³/mol. The third-order valence-electron chi connectivity index (χ3n) is 9.42. The fraction of sp³-hybridized carbons (Fsp3) is 0.667. The fourth-order valence-electron chi connectivity index (χ4n) is 4.36. The molecule has 1 aliphatic heterocycles. The maximum Gasteiger partial charge on any atom is 0.330 e. The standard InChI is InChI=1S/C30H50N2O9SSi2/c1-21-12-14-22(15-13-21)42(36,37)38-19-17-30(35)23(20-39-43(8,9)28(2,3)4)40-26(32-18-16-24(33)31-27(32)34)25(30)41-44(10,11)29(5,6)7/h12-16,18,23,25-26,35H,17,19-20H2,1-11H3,(H,31,33,34)/t23-,25+,26-,30+/m1/s1. The number of aromatic nitrogens is 2. The third-order valence-corrected chi connectivity index (χ3v) is 19.7. The van der Waals surface area contributed by atoms with E-state index in [2.05, 4.69) is 38.8 Å². The van der Waals surface area contributed by atoms with E-state index >= 15 is 0 Å². The van der Waals surface area contributed by atoms with Gasteiger partial charge in [-0.05, 0) is 55.3 Å². The van der Waals surface area contributed by atoms with Gasteiger partial charge < -0.3 is 18.7 Å². The Morgan fingerprint density at radius 1 is 0.977 bits per heavy atom. The first-order valence-corrected chi connectivity index (χ1v) is 22.1. The van der Waals surface area contributed by atoms with E-state index in [0.717, 1.165) is 5.56 Å². The molecule has 1 fully saturated rings. The van der Waals surface area contributed by atoms with Crippen LogP contribution in [-0.2, 0) is 27.9 Å². The van der Waals surface area contributed by atoms with Crippen molar-refractivity contribution in [1.29, 1.82) is 0 Å². The average molecular weight is 671 g/mol. The molecule has 1 aromatic heterocycles. The SMILES string of the molecule is Cc1ccc(S(=O)(=O)OCC[C@]2(O)[C@@H](CO[Si](C)(C)C(C)(C)C)O[C@@H](n3ccc(=O)[nH]c3=O)[C@@H]2O[Si](C)(C)C(C)(C)C)cc1. The number of nitrogens with zero attached hydrogens (tertiary/aromatic N) is 1. The average Bonchev–Trinajstić information content (AvgIpc) is 3.12. The molecule has 0 saturated carbocycles. The van der Waals surface area contributed by atoms with Gasteiger partial charge in [0.2, 0.25) is 0 Å². The lowest BCUT2D eigenvalue weighted by Crippen LogP contribution is -2.57. The molecule has 2 N–H and O–H groups in total. The van der Waals surface area contributed by atoms with Gasteiger partial charge in [-0.25, -0.2) is 4.79 Å². The van der Waals surface area contributed by atoms with Gasteiger partial charge in [0.1, 0.15) is 17.8 Å². The van der Waals surface area contributed by atoms with Crippen molar-refractivity contribution in [1.82, 2.24) is 9.55 Å². The number of aromatic amines is 1. The van der Waals surface area contributed by atoms with Gasteiger partial charge >= 0.3 is 5.69 Å². The molecule has 2 heterocycles. The molecule has 44 heavy (non-hydrogen) atoms. The van der Waals surface area contributed by atoms with Crippen molar-refractivity contribution in [3.63, 3.8) is 0 Å². The minimum absolute atomic E-state index is 0.00214. The van der Waals surface area contributed by atoms with Crippen LogP contribution in [0.3, 0.4) is 0 Å². The summed E-state index contributed by atoms with van der Waals surface area (Å²) in [6.45, 7) is 22.0. The van der Waals surface area contributed by atoms with E-state index in [9.17, 15) is 23.1 Å². The van der Waals surface area contributed by atoms with Crippen LogP contribution in [0.4, 0.5) is 0 Å². The summed E-state index contributed by atoms with van der Waals surface area (Å²) in [5.41, 5.74) is -2.23.